The number of carbonyl (C=O) groups excluding carboxylic acids is 5. The maximum Gasteiger partial charge on any atom is 2.00 e. The van der Waals surface area contributed by atoms with Crippen LogP contribution in [0.5, 0.6) is 17.2 Å². The summed E-state index contributed by atoms with van der Waals surface area (Å²) in [6.45, 7) is 0. The Bertz CT molecular complexity index is 3160. The van der Waals surface area contributed by atoms with E-state index in [9.17, 15) is 29.1 Å². The van der Waals surface area contributed by atoms with Gasteiger partial charge in [-0.3, -0.25) is 19.3 Å². The van der Waals surface area contributed by atoms with Crippen LogP contribution in [-0.2, 0) is 20.1 Å². The van der Waals surface area contributed by atoms with Gasteiger partial charge in [0.25, 0.3) is 11.6 Å². The Balaban J connectivity index is 0.000000168. The van der Waals surface area contributed by atoms with Gasteiger partial charge in [0, 0.05) is 39.4 Å². The summed E-state index contributed by atoms with van der Waals surface area (Å²) in [4.78, 5) is 67.9. The number of benzene rings is 7. The Labute approximate surface area is 532 Å². The van der Waals surface area contributed by atoms with E-state index in [0.29, 0.717) is 40.7 Å². The van der Waals surface area contributed by atoms with E-state index in [1.807, 2.05) is 48.5 Å². The largest absolute Gasteiger partial charge is 2.00 e. The molecule has 1 atom stereocenters. The number of imide groups is 3. The van der Waals surface area contributed by atoms with Gasteiger partial charge >= 0.3 is 46.9 Å². The average molecular weight is 1470 g/mol. The molecule has 2 aliphatic heterocycles. The zero-order chi connectivity index (χ0) is 54.9. The molecular weight excluding hydrogens is 1420 g/mol. The summed E-state index contributed by atoms with van der Waals surface area (Å²) in [7, 11) is 0. The molecule has 0 spiro atoms. The van der Waals surface area contributed by atoms with E-state index in [-0.39, 0.29) is 51.7 Å². The maximum absolute atomic E-state index is 13.7. The van der Waals surface area contributed by atoms with Crippen molar-refractivity contribution in [3.05, 3.63) is 204 Å². The number of amides is 7. The summed E-state index contributed by atoms with van der Waals surface area (Å²) in [5.41, 5.74) is -0.459. The van der Waals surface area contributed by atoms with Gasteiger partial charge in [-0.1, -0.05) is 79.6 Å². The number of carbonyl (C=O) groups is 5. The molecule has 0 aromatic heterocycles. The molecule has 1 N–H and O–H groups in total. The molecule has 7 aromatic rings. The molecular formula is C60H50Br6MgN4O9. The van der Waals surface area contributed by atoms with Crippen LogP contribution in [0.25, 0.3) is 0 Å². The van der Waals surface area contributed by atoms with E-state index in [1.165, 1.54) is 38.5 Å². The molecule has 20 heteroatoms. The number of hydrogen-bond acceptors (Lipinski definition) is 9. The number of urea groups is 2. The Morgan fingerprint density at radius 2 is 0.713 bits per heavy atom. The molecule has 0 radical (unpaired) electrons. The third-order valence-electron chi connectivity index (χ3n) is 13.3. The van der Waals surface area contributed by atoms with E-state index in [1.54, 1.807) is 121 Å². The van der Waals surface area contributed by atoms with Crippen molar-refractivity contribution < 1.29 is 60.3 Å². The minimum Gasteiger partial charge on any atom is -1.00 e. The second-order valence-corrected chi connectivity index (χ2v) is 23.2. The van der Waals surface area contributed by atoms with Gasteiger partial charge in [-0.25, -0.2) is 24.3 Å². The summed E-state index contributed by atoms with van der Waals surface area (Å²) < 4.78 is 21.6. The number of ether oxygens (including phenoxy) is 3. The Morgan fingerprint density at radius 3 is 1.05 bits per heavy atom. The third-order valence-corrected chi connectivity index (χ3v) is 16.0. The molecule has 12 rings (SSSR count). The standard InChI is InChI=1S/C25H20Br2N2O4.C15H8Br2N2O3.C10H11BrO.C10H11O.BrH.Mg/c26-17-6-10-19(11-7-17)28-23(30)25(32,29(24(28)31)20-12-8-18(27)9-13-20)16-4-14-22(15-5-16)33-21-2-1-3-21;16-9-1-5-11(6-2-9)18-13(20)14(21)19(15(18)22)12-7-3-10(17)4-8-12;11-8-4-6-10(7-5-8)12-9-2-1-3-9;1-2-5-9(6-3-1)11-10-7-4-8-10;;/h4-15,21,32H,1-3H2;1-8H;4-7,9H,1-3H2;2-3,5-6,10H,4,7-8H2;1H;/q;;;-1;;+2/p-1. The second-order valence-electron chi connectivity index (χ2n) is 18.6. The first kappa shape index (κ1) is 62.7. The monoisotopic (exact) mass is 1470 g/mol. The van der Waals surface area contributed by atoms with Gasteiger partial charge in [-0.05, 0) is 203 Å². The van der Waals surface area contributed by atoms with Gasteiger partial charge in [0.15, 0.2) is 0 Å². The molecule has 5 fully saturated rings. The van der Waals surface area contributed by atoms with Crippen molar-refractivity contribution in [3.63, 3.8) is 0 Å². The van der Waals surface area contributed by atoms with Crippen LogP contribution in [0.15, 0.2) is 192 Å². The number of halogens is 6. The van der Waals surface area contributed by atoms with Gasteiger partial charge in [0.2, 0.25) is 0 Å². The van der Waals surface area contributed by atoms with Crippen LogP contribution in [-0.4, -0.2) is 76.3 Å². The van der Waals surface area contributed by atoms with Crippen molar-refractivity contribution in [2.45, 2.75) is 81.8 Å². The van der Waals surface area contributed by atoms with Crippen molar-refractivity contribution in [2.75, 3.05) is 19.6 Å². The average Bonchev–Trinajstić information content (AvgIpc) is 4.02. The number of hydrogen-bond donors (Lipinski definition) is 1. The van der Waals surface area contributed by atoms with Gasteiger partial charge in [0.1, 0.15) is 11.5 Å². The summed E-state index contributed by atoms with van der Waals surface area (Å²) in [6.07, 6.45) is 11.9. The minimum absolute atomic E-state index is 0. The van der Waals surface area contributed by atoms with Crippen LogP contribution in [0.2, 0.25) is 0 Å². The molecule has 1 unspecified atom stereocenters. The van der Waals surface area contributed by atoms with Gasteiger partial charge in [0.05, 0.1) is 35.4 Å². The second kappa shape index (κ2) is 28.9. The molecule has 13 nitrogen and oxygen atoms in total. The van der Waals surface area contributed by atoms with Crippen molar-refractivity contribution in [1.29, 1.82) is 0 Å². The maximum atomic E-state index is 13.7. The van der Waals surface area contributed by atoms with Gasteiger partial charge in [-0.2, -0.15) is 18.2 Å². The molecule has 5 aliphatic rings. The Hall–Kier alpha value is -4.90. The predicted octanol–water partition coefficient (Wildman–Crippen LogP) is 12.1. The molecule has 3 saturated carbocycles. The summed E-state index contributed by atoms with van der Waals surface area (Å²) in [6, 6.07) is 50.9. The number of aliphatic hydroxyl groups is 1. The van der Waals surface area contributed by atoms with Gasteiger partial charge in [-0.15, -0.1) is 12.1 Å². The van der Waals surface area contributed by atoms with Crippen LogP contribution in [0, 0.1) is 6.07 Å². The van der Waals surface area contributed by atoms with Crippen LogP contribution in [0.1, 0.15) is 63.4 Å². The molecule has 0 bridgehead atoms. The number of nitrogens with zero attached hydrogens (tertiary/aromatic N) is 4. The molecule has 7 amide bonds. The molecule has 7 aromatic carbocycles. The Morgan fingerprint density at radius 1 is 0.412 bits per heavy atom. The van der Waals surface area contributed by atoms with E-state index in [0.717, 1.165) is 72.7 Å². The third kappa shape index (κ3) is 15.0. The summed E-state index contributed by atoms with van der Waals surface area (Å²) in [5, 5.41) is 11.9. The zero-order valence-electron chi connectivity index (χ0n) is 42.7. The van der Waals surface area contributed by atoms with Crippen molar-refractivity contribution >= 4 is 155 Å². The quantitative estimate of drug-likeness (QED) is 0.0579. The van der Waals surface area contributed by atoms with Crippen LogP contribution in [0.3, 0.4) is 0 Å². The number of anilines is 4. The fourth-order valence-corrected chi connectivity index (χ4v) is 9.73. The van der Waals surface area contributed by atoms with Gasteiger partial charge < -0.3 is 36.3 Å². The fraction of sp³-hybridized carbons (Fsp3) is 0.217. The minimum atomic E-state index is -2.22. The normalized spacial score (nSPS) is 17.6. The van der Waals surface area contributed by atoms with Crippen molar-refractivity contribution in [2.24, 2.45) is 0 Å². The topological polar surface area (TPSA) is 146 Å². The molecule has 2 saturated heterocycles. The summed E-state index contributed by atoms with van der Waals surface area (Å²) >= 11 is 16.7. The molecule has 3 aliphatic carbocycles. The molecule has 80 heavy (non-hydrogen) atoms. The summed E-state index contributed by atoms with van der Waals surface area (Å²) in [5.74, 6) is 0.163. The van der Waals surface area contributed by atoms with Crippen molar-refractivity contribution in [3.8, 4) is 17.2 Å². The first-order chi connectivity index (χ1) is 37.7. The van der Waals surface area contributed by atoms with Crippen LogP contribution in [0.4, 0.5) is 32.3 Å². The molecule has 408 valence electrons. The SMILES string of the molecule is Brc1ccc(OC2CCC2)cc1.O=C1C(=O)N(c2ccc(Br)cc2)C(=O)N1c1ccc(Br)cc1.O=C1N(c2ccc(Br)cc2)C(=O)C(O)(c2ccc(OC3CCC3)cc2)N1c1ccc(Br)cc1.[Br-].[Mg+2].[c-]1ccc(OC2CCC2)cc1. The van der Waals surface area contributed by atoms with Crippen LogP contribution < -0.4 is 50.8 Å². The zero-order valence-corrected chi connectivity index (χ0v) is 53.7. The first-order valence-electron chi connectivity index (χ1n) is 25.1. The van der Waals surface area contributed by atoms with Crippen molar-refractivity contribution in [1.82, 2.24) is 0 Å². The number of rotatable bonds is 11. The van der Waals surface area contributed by atoms with Crippen LogP contribution >= 0.6 is 79.6 Å². The molecule has 2 heterocycles. The van der Waals surface area contributed by atoms with E-state index < -0.39 is 35.5 Å². The van der Waals surface area contributed by atoms with E-state index in [2.05, 4.69) is 85.7 Å². The van der Waals surface area contributed by atoms with E-state index >= 15 is 0 Å². The first-order valence-corrected chi connectivity index (χ1v) is 29.1. The van der Waals surface area contributed by atoms with E-state index in [4.69, 9.17) is 14.2 Å². The predicted molar refractivity (Wildman–Crippen MR) is 323 cm³/mol. The fourth-order valence-electron chi connectivity index (χ4n) is 8.41. The smallest absolute Gasteiger partial charge is 1.00 e. The Kier molecular flexibility index (Phi) is 22.6.